The maximum absolute atomic E-state index is 12.7. The van der Waals surface area contributed by atoms with E-state index in [-0.39, 0.29) is 11.5 Å². The van der Waals surface area contributed by atoms with Gasteiger partial charge in [0, 0.05) is 11.3 Å². The molecule has 2 aromatic rings. The van der Waals surface area contributed by atoms with E-state index in [1.165, 1.54) is 24.8 Å². The van der Waals surface area contributed by atoms with Crippen LogP contribution in [0.5, 0.6) is 5.88 Å². The van der Waals surface area contributed by atoms with Crippen molar-refractivity contribution in [2.75, 3.05) is 0 Å². The van der Waals surface area contributed by atoms with E-state index in [9.17, 15) is 4.79 Å². The quantitative estimate of drug-likeness (QED) is 0.554. The fourth-order valence-electron chi connectivity index (χ4n) is 3.65. The Morgan fingerprint density at radius 1 is 1.14 bits per heavy atom. The SMILES string of the molecule is Cc1ccc(Sc2c(C)nn(C(C)(C)C)c2OC(=O)CC2CCCCC2)cc1. The number of nitrogens with zero attached hydrogens (tertiary/aromatic N) is 2. The van der Waals surface area contributed by atoms with Crippen LogP contribution in [0.15, 0.2) is 34.1 Å². The molecule has 1 saturated carbocycles. The van der Waals surface area contributed by atoms with Crippen LogP contribution in [-0.2, 0) is 10.3 Å². The Bertz CT molecular complexity index is 812. The molecule has 0 N–H and O–H groups in total. The van der Waals surface area contributed by atoms with E-state index in [1.54, 1.807) is 11.8 Å². The van der Waals surface area contributed by atoms with Gasteiger partial charge in [-0.3, -0.25) is 4.79 Å². The number of ether oxygens (including phenoxy) is 1. The number of hydrogen-bond donors (Lipinski definition) is 0. The second-order valence-electron chi connectivity index (χ2n) is 8.90. The van der Waals surface area contributed by atoms with Crippen LogP contribution in [0.25, 0.3) is 0 Å². The molecule has 0 atom stereocenters. The number of esters is 1. The molecule has 1 fully saturated rings. The van der Waals surface area contributed by atoms with Gasteiger partial charge >= 0.3 is 5.97 Å². The molecule has 1 aromatic heterocycles. The third kappa shape index (κ3) is 5.19. The average Bonchev–Trinajstić information content (AvgIpc) is 2.94. The van der Waals surface area contributed by atoms with Crippen molar-refractivity contribution in [3.05, 3.63) is 35.5 Å². The lowest BCUT2D eigenvalue weighted by Crippen LogP contribution is -2.26. The van der Waals surface area contributed by atoms with E-state index < -0.39 is 0 Å². The second-order valence-corrected chi connectivity index (χ2v) is 9.98. The fourth-order valence-corrected chi connectivity index (χ4v) is 4.57. The van der Waals surface area contributed by atoms with Crippen molar-refractivity contribution in [3.8, 4) is 5.88 Å². The molecule has 0 bridgehead atoms. The topological polar surface area (TPSA) is 44.1 Å². The predicted molar refractivity (Wildman–Crippen MR) is 114 cm³/mol. The van der Waals surface area contributed by atoms with E-state index in [0.29, 0.717) is 18.2 Å². The van der Waals surface area contributed by atoms with Crippen LogP contribution in [0.3, 0.4) is 0 Å². The van der Waals surface area contributed by atoms with Crippen LogP contribution in [0.4, 0.5) is 0 Å². The van der Waals surface area contributed by atoms with E-state index in [1.807, 2.05) is 11.6 Å². The number of carbonyl (C=O) groups excluding carboxylic acids is 1. The molecule has 152 valence electrons. The number of aryl methyl sites for hydroxylation is 2. The van der Waals surface area contributed by atoms with Gasteiger partial charge in [-0.1, -0.05) is 48.7 Å². The first-order chi connectivity index (χ1) is 13.2. The van der Waals surface area contributed by atoms with Gasteiger partial charge in [0.2, 0.25) is 5.88 Å². The van der Waals surface area contributed by atoms with Gasteiger partial charge < -0.3 is 4.74 Å². The molecular formula is C23H32N2O2S. The first kappa shape index (κ1) is 21.0. The lowest BCUT2D eigenvalue weighted by molar-refractivity contribution is -0.136. The summed E-state index contributed by atoms with van der Waals surface area (Å²) in [4.78, 5) is 14.8. The maximum atomic E-state index is 12.7. The number of carbonyl (C=O) groups is 1. The molecular weight excluding hydrogens is 368 g/mol. The Balaban J connectivity index is 1.85. The summed E-state index contributed by atoms with van der Waals surface area (Å²) in [5.41, 5.74) is 1.85. The Morgan fingerprint density at radius 2 is 1.79 bits per heavy atom. The lowest BCUT2D eigenvalue weighted by Gasteiger charge is -2.23. The van der Waals surface area contributed by atoms with Crippen molar-refractivity contribution in [2.24, 2.45) is 5.92 Å². The molecule has 1 heterocycles. The van der Waals surface area contributed by atoms with Crippen LogP contribution in [0.2, 0.25) is 0 Å². The summed E-state index contributed by atoms with van der Waals surface area (Å²) in [5, 5.41) is 4.71. The minimum atomic E-state index is -0.267. The van der Waals surface area contributed by atoms with E-state index >= 15 is 0 Å². The van der Waals surface area contributed by atoms with Gasteiger partial charge in [-0.05, 0) is 65.5 Å². The number of aromatic nitrogens is 2. The minimum absolute atomic E-state index is 0.136. The summed E-state index contributed by atoms with van der Waals surface area (Å²) < 4.78 is 7.82. The third-order valence-corrected chi connectivity index (χ3v) is 6.41. The number of benzene rings is 1. The molecule has 1 aliphatic rings. The second kappa shape index (κ2) is 8.73. The van der Waals surface area contributed by atoms with Crippen molar-refractivity contribution >= 4 is 17.7 Å². The zero-order valence-electron chi connectivity index (χ0n) is 17.7. The minimum Gasteiger partial charge on any atom is -0.406 e. The smallest absolute Gasteiger partial charge is 0.312 e. The molecule has 0 amide bonds. The Labute approximate surface area is 173 Å². The molecule has 0 unspecified atom stereocenters. The number of rotatable bonds is 5. The van der Waals surface area contributed by atoms with E-state index in [4.69, 9.17) is 9.84 Å². The summed E-state index contributed by atoms with van der Waals surface area (Å²) in [7, 11) is 0. The average molecular weight is 401 g/mol. The molecule has 28 heavy (non-hydrogen) atoms. The van der Waals surface area contributed by atoms with Gasteiger partial charge in [0.15, 0.2) is 0 Å². The lowest BCUT2D eigenvalue weighted by atomic mass is 9.87. The van der Waals surface area contributed by atoms with Gasteiger partial charge in [0.25, 0.3) is 0 Å². The summed E-state index contributed by atoms with van der Waals surface area (Å²) >= 11 is 1.61. The normalized spacial score (nSPS) is 15.6. The molecule has 0 spiro atoms. The summed E-state index contributed by atoms with van der Waals surface area (Å²) in [6.07, 6.45) is 6.52. The molecule has 0 aliphatic heterocycles. The Hall–Kier alpha value is -1.75. The van der Waals surface area contributed by atoms with Crippen LogP contribution < -0.4 is 4.74 Å². The standard InChI is InChI=1S/C23H32N2O2S/c1-16-11-13-19(14-12-16)28-21-17(2)24-25(23(3,4)5)22(21)27-20(26)15-18-9-7-6-8-10-18/h11-14,18H,6-10,15H2,1-5H3. The van der Waals surface area contributed by atoms with Gasteiger partial charge in [-0.15, -0.1) is 0 Å². The van der Waals surface area contributed by atoms with Gasteiger partial charge in [0.05, 0.1) is 16.1 Å². The van der Waals surface area contributed by atoms with Crippen LogP contribution in [0, 0.1) is 19.8 Å². The van der Waals surface area contributed by atoms with Gasteiger partial charge in [0.1, 0.15) is 0 Å². The highest BCUT2D eigenvalue weighted by atomic mass is 32.2. The third-order valence-electron chi connectivity index (χ3n) is 5.23. The monoisotopic (exact) mass is 400 g/mol. The van der Waals surface area contributed by atoms with Gasteiger partial charge in [-0.25, -0.2) is 4.68 Å². The maximum Gasteiger partial charge on any atom is 0.312 e. The zero-order chi connectivity index (χ0) is 20.3. The Kier molecular flexibility index (Phi) is 6.54. The highest BCUT2D eigenvalue weighted by Gasteiger charge is 2.28. The Morgan fingerprint density at radius 3 is 2.39 bits per heavy atom. The van der Waals surface area contributed by atoms with Gasteiger partial charge in [-0.2, -0.15) is 5.10 Å². The molecule has 4 nitrogen and oxygen atoms in total. The zero-order valence-corrected chi connectivity index (χ0v) is 18.6. The highest BCUT2D eigenvalue weighted by Crippen LogP contribution is 2.40. The van der Waals surface area contributed by atoms with Crippen molar-refractivity contribution in [1.82, 2.24) is 9.78 Å². The van der Waals surface area contributed by atoms with Crippen LogP contribution in [-0.4, -0.2) is 15.7 Å². The van der Waals surface area contributed by atoms with E-state index in [2.05, 4.69) is 52.0 Å². The van der Waals surface area contributed by atoms with Crippen LogP contribution in [0.1, 0.15) is 70.6 Å². The summed E-state index contributed by atoms with van der Waals surface area (Å²) in [6, 6.07) is 8.39. The summed E-state index contributed by atoms with van der Waals surface area (Å²) in [5.74, 6) is 0.904. The van der Waals surface area contributed by atoms with Crippen molar-refractivity contribution in [2.45, 2.75) is 88.5 Å². The molecule has 1 aliphatic carbocycles. The first-order valence-corrected chi connectivity index (χ1v) is 11.1. The first-order valence-electron chi connectivity index (χ1n) is 10.3. The molecule has 0 saturated heterocycles. The van der Waals surface area contributed by atoms with Crippen molar-refractivity contribution in [3.63, 3.8) is 0 Å². The molecule has 0 radical (unpaired) electrons. The summed E-state index contributed by atoms with van der Waals surface area (Å²) in [6.45, 7) is 10.3. The number of hydrogen-bond acceptors (Lipinski definition) is 4. The molecule has 3 rings (SSSR count). The van der Waals surface area contributed by atoms with Crippen molar-refractivity contribution in [1.29, 1.82) is 0 Å². The largest absolute Gasteiger partial charge is 0.406 e. The van der Waals surface area contributed by atoms with Crippen molar-refractivity contribution < 1.29 is 9.53 Å². The molecule has 5 heteroatoms. The van der Waals surface area contributed by atoms with Crippen LogP contribution >= 0.6 is 11.8 Å². The molecule has 1 aromatic carbocycles. The highest BCUT2D eigenvalue weighted by molar-refractivity contribution is 7.99. The van der Waals surface area contributed by atoms with E-state index in [0.717, 1.165) is 28.3 Å². The predicted octanol–water partition coefficient (Wildman–Crippen LogP) is 6.28. The fraction of sp³-hybridized carbons (Fsp3) is 0.565.